The molecule has 0 radical (unpaired) electrons. The molecule has 3 rings (SSSR count). The van der Waals surface area contributed by atoms with Crippen molar-refractivity contribution < 1.29 is 9.53 Å². The summed E-state index contributed by atoms with van der Waals surface area (Å²) < 4.78 is 7.63. The lowest BCUT2D eigenvalue weighted by molar-refractivity contribution is -0.113. The number of thioether (sulfide) groups is 1. The maximum atomic E-state index is 12.3. The molecule has 26 heavy (non-hydrogen) atoms. The van der Waals surface area contributed by atoms with Gasteiger partial charge in [0.1, 0.15) is 11.6 Å². The van der Waals surface area contributed by atoms with Crippen molar-refractivity contribution in [1.29, 1.82) is 0 Å². The maximum Gasteiger partial charge on any atom is 0.234 e. The molecular formula is C19H26N4O2S. The van der Waals surface area contributed by atoms with Gasteiger partial charge in [-0.1, -0.05) is 31.0 Å². The number of aromatic nitrogens is 3. The molecule has 7 heteroatoms. The first-order valence-corrected chi connectivity index (χ1v) is 10.2. The summed E-state index contributed by atoms with van der Waals surface area (Å²) in [4.78, 5) is 12.3. The predicted molar refractivity (Wildman–Crippen MR) is 104 cm³/mol. The number of nitrogens with zero attached hydrogens (tertiary/aromatic N) is 3. The van der Waals surface area contributed by atoms with Gasteiger partial charge in [0.15, 0.2) is 5.16 Å². The molecule has 6 nitrogen and oxygen atoms in total. The summed E-state index contributed by atoms with van der Waals surface area (Å²) >= 11 is 1.45. The van der Waals surface area contributed by atoms with E-state index in [0.717, 1.165) is 22.4 Å². The van der Waals surface area contributed by atoms with Crippen LogP contribution < -0.4 is 10.1 Å². The number of hydrogen-bond acceptors (Lipinski definition) is 5. The van der Waals surface area contributed by atoms with Crippen LogP contribution in [0.3, 0.4) is 0 Å². The zero-order chi connectivity index (χ0) is 18.4. The van der Waals surface area contributed by atoms with Crippen LogP contribution in [0.15, 0.2) is 29.4 Å². The predicted octanol–water partition coefficient (Wildman–Crippen LogP) is 4.22. The van der Waals surface area contributed by atoms with Crippen LogP contribution in [0.25, 0.3) is 0 Å². The van der Waals surface area contributed by atoms with Gasteiger partial charge in [-0.3, -0.25) is 4.79 Å². The number of aryl methyl sites for hydroxylation is 1. The Balaban J connectivity index is 1.56. The fourth-order valence-corrected chi connectivity index (χ4v) is 4.19. The molecule has 1 amide bonds. The molecule has 1 fully saturated rings. The fraction of sp³-hybridized carbons (Fsp3) is 0.526. The molecule has 1 aliphatic rings. The van der Waals surface area contributed by atoms with Gasteiger partial charge in [0.05, 0.1) is 12.4 Å². The van der Waals surface area contributed by atoms with E-state index in [1.54, 1.807) is 0 Å². The lowest BCUT2D eigenvalue weighted by Gasteiger charge is -2.24. The van der Waals surface area contributed by atoms with Gasteiger partial charge in [-0.25, -0.2) is 0 Å². The zero-order valence-corrected chi connectivity index (χ0v) is 16.2. The van der Waals surface area contributed by atoms with Gasteiger partial charge in [-0.05, 0) is 51.0 Å². The van der Waals surface area contributed by atoms with E-state index in [0.29, 0.717) is 18.4 Å². The first kappa shape index (κ1) is 18.8. The third-order valence-corrected chi connectivity index (χ3v) is 5.50. The number of anilines is 1. The van der Waals surface area contributed by atoms with Gasteiger partial charge in [-0.2, -0.15) is 0 Å². The lowest BCUT2D eigenvalue weighted by Crippen LogP contribution is -2.17. The number of ether oxygens (including phenoxy) is 1. The normalized spacial score (nSPS) is 15.0. The van der Waals surface area contributed by atoms with Gasteiger partial charge in [-0.15, -0.1) is 10.2 Å². The van der Waals surface area contributed by atoms with Gasteiger partial charge in [0.2, 0.25) is 5.91 Å². The van der Waals surface area contributed by atoms with Crippen LogP contribution in [0, 0.1) is 6.92 Å². The first-order valence-electron chi connectivity index (χ1n) is 9.24. The second kappa shape index (κ2) is 9.07. The van der Waals surface area contributed by atoms with E-state index in [9.17, 15) is 4.79 Å². The van der Waals surface area contributed by atoms with E-state index in [1.165, 1.54) is 43.9 Å². The number of rotatable bonds is 7. The Morgan fingerprint density at radius 2 is 1.96 bits per heavy atom. The standard InChI is InChI=1S/C19H26N4O2S/c1-3-25-17-11-9-15(10-12-17)20-18(24)13-26-19-22-21-14(2)23(19)16-7-5-4-6-8-16/h9-12,16H,3-8,13H2,1-2H3,(H,20,24). The molecule has 0 spiro atoms. The SMILES string of the molecule is CCOc1ccc(NC(=O)CSc2nnc(C)n2C2CCCCC2)cc1. The van der Waals surface area contributed by atoms with Crippen molar-refractivity contribution in [3.05, 3.63) is 30.1 Å². The van der Waals surface area contributed by atoms with Crippen LogP contribution >= 0.6 is 11.8 Å². The highest BCUT2D eigenvalue weighted by Crippen LogP contribution is 2.32. The van der Waals surface area contributed by atoms with E-state index in [-0.39, 0.29) is 5.91 Å². The van der Waals surface area contributed by atoms with Gasteiger partial charge < -0.3 is 14.6 Å². The monoisotopic (exact) mass is 374 g/mol. The number of benzene rings is 1. The van der Waals surface area contributed by atoms with Crippen molar-refractivity contribution in [2.24, 2.45) is 0 Å². The van der Waals surface area contributed by atoms with E-state index < -0.39 is 0 Å². The minimum atomic E-state index is -0.0463. The summed E-state index contributed by atoms with van der Waals surface area (Å²) in [7, 11) is 0. The Morgan fingerprint density at radius 1 is 1.23 bits per heavy atom. The largest absolute Gasteiger partial charge is 0.494 e. The lowest BCUT2D eigenvalue weighted by atomic mass is 9.95. The Kier molecular flexibility index (Phi) is 6.55. The topological polar surface area (TPSA) is 69.0 Å². The molecule has 1 aromatic heterocycles. The van der Waals surface area contributed by atoms with Crippen LogP contribution in [-0.2, 0) is 4.79 Å². The van der Waals surface area contributed by atoms with Crippen molar-refractivity contribution in [1.82, 2.24) is 14.8 Å². The molecule has 1 aliphatic carbocycles. The highest BCUT2D eigenvalue weighted by molar-refractivity contribution is 7.99. The summed E-state index contributed by atoms with van der Waals surface area (Å²) in [5, 5.41) is 12.3. The average Bonchev–Trinajstić information content (AvgIpc) is 3.03. The van der Waals surface area contributed by atoms with E-state index in [1.807, 2.05) is 38.1 Å². The smallest absolute Gasteiger partial charge is 0.234 e. The van der Waals surface area contributed by atoms with Gasteiger partial charge in [0, 0.05) is 11.7 Å². The quantitative estimate of drug-likeness (QED) is 0.735. The second-order valence-corrected chi connectivity index (χ2v) is 7.43. The first-order chi connectivity index (χ1) is 12.7. The van der Waals surface area contributed by atoms with Crippen molar-refractivity contribution >= 4 is 23.4 Å². The third-order valence-electron chi connectivity index (χ3n) is 4.56. The van der Waals surface area contributed by atoms with Gasteiger partial charge >= 0.3 is 0 Å². The number of carbonyl (C=O) groups excluding carboxylic acids is 1. The summed E-state index contributed by atoms with van der Waals surface area (Å²) in [6, 6.07) is 7.88. The number of amides is 1. The van der Waals surface area contributed by atoms with Crippen molar-refractivity contribution in [3.8, 4) is 5.75 Å². The highest BCUT2D eigenvalue weighted by Gasteiger charge is 2.21. The minimum absolute atomic E-state index is 0.0463. The number of nitrogens with one attached hydrogen (secondary N) is 1. The maximum absolute atomic E-state index is 12.3. The van der Waals surface area contributed by atoms with Crippen LogP contribution in [0.4, 0.5) is 5.69 Å². The van der Waals surface area contributed by atoms with E-state index in [2.05, 4.69) is 20.1 Å². The van der Waals surface area contributed by atoms with Crippen molar-refractivity contribution in [2.45, 2.75) is 57.1 Å². The highest BCUT2D eigenvalue weighted by atomic mass is 32.2. The van der Waals surface area contributed by atoms with Crippen LogP contribution in [0.5, 0.6) is 5.75 Å². The molecule has 140 valence electrons. The molecule has 1 N–H and O–H groups in total. The zero-order valence-electron chi connectivity index (χ0n) is 15.4. The Labute approximate surface area is 158 Å². The van der Waals surface area contributed by atoms with E-state index in [4.69, 9.17) is 4.74 Å². The molecule has 1 aromatic carbocycles. The number of carbonyl (C=O) groups is 1. The molecule has 0 unspecified atom stereocenters. The summed E-state index contributed by atoms with van der Waals surface area (Å²) in [5.41, 5.74) is 0.768. The van der Waals surface area contributed by atoms with Crippen LogP contribution in [0.1, 0.15) is 50.9 Å². The molecule has 1 saturated carbocycles. The molecule has 0 atom stereocenters. The Bertz CT molecular complexity index is 724. The summed E-state index contributed by atoms with van der Waals surface area (Å²) in [6.45, 7) is 4.57. The molecule has 0 bridgehead atoms. The Morgan fingerprint density at radius 3 is 2.65 bits per heavy atom. The molecular weight excluding hydrogens is 348 g/mol. The molecule has 2 aromatic rings. The number of hydrogen-bond donors (Lipinski definition) is 1. The summed E-state index contributed by atoms with van der Waals surface area (Å²) in [6.07, 6.45) is 6.16. The average molecular weight is 375 g/mol. The van der Waals surface area contributed by atoms with Crippen LogP contribution in [0.2, 0.25) is 0 Å². The second-order valence-electron chi connectivity index (χ2n) is 6.49. The fourth-order valence-electron chi connectivity index (χ4n) is 3.34. The van der Waals surface area contributed by atoms with Crippen LogP contribution in [-0.4, -0.2) is 33.0 Å². The summed E-state index contributed by atoms with van der Waals surface area (Å²) in [5.74, 6) is 2.01. The molecule has 0 aliphatic heterocycles. The third kappa shape index (κ3) is 4.78. The van der Waals surface area contributed by atoms with E-state index >= 15 is 0 Å². The molecule has 1 heterocycles. The van der Waals surface area contributed by atoms with Gasteiger partial charge in [0.25, 0.3) is 0 Å². The minimum Gasteiger partial charge on any atom is -0.494 e. The Hall–Kier alpha value is -2.02. The van der Waals surface area contributed by atoms with Crippen molar-refractivity contribution in [2.75, 3.05) is 17.7 Å². The molecule has 0 saturated heterocycles. The van der Waals surface area contributed by atoms with Crippen molar-refractivity contribution in [3.63, 3.8) is 0 Å².